The van der Waals surface area contributed by atoms with Crippen LogP contribution < -0.4 is 10.0 Å². The molecule has 1 aliphatic heterocycles. The molecule has 0 unspecified atom stereocenters. The van der Waals surface area contributed by atoms with Crippen molar-refractivity contribution in [3.63, 3.8) is 0 Å². The van der Waals surface area contributed by atoms with Gasteiger partial charge in [0.2, 0.25) is 0 Å². The van der Waals surface area contributed by atoms with Gasteiger partial charge in [0.15, 0.2) is 0 Å². The number of benzene rings is 2. The minimum atomic E-state index is -3.54. The van der Waals surface area contributed by atoms with Gasteiger partial charge in [-0.2, -0.15) is 0 Å². The molecule has 2 N–H and O–H groups in total. The van der Waals surface area contributed by atoms with Gasteiger partial charge in [0.1, 0.15) is 0 Å². The number of anilines is 2. The van der Waals surface area contributed by atoms with E-state index in [1.54, 1.807) is 31.2 Å². The van der Waals surface area contributed by atoms with E-state index in [2.05, 4.69) is 10.0 Å². The van der Waals surface area contributed by atoms with Gasteiger partial charge in [-0.3, -0.25) is 4.72 Å². The standard InChI is InChI=1S/C16H18N2O2S/c1-12-5-2-3-7-16(12)21(19,20)18-14-8-9-15-13(11-14)6-4-10-17-15/h2-3,5,7-9,11,17-18H,4,6,10H2,1H3. The largest absolute Gasteiger partial charge is 0.385 e. The van der Waals surface area contributed by atoms with Crippen molar-refractivity contribution in [1.82, 2.24) is 0 Å². The van der Waals surface area contributed by atoms with Crippen LogP contribution in [0.3, 0.4) is 0 Å². The first-order valence-corrected chi connectivity index (χ1v) is 8.50. The Bertz CT molecular complexity index is 770. The Kier molecular flexibility index (Phi) is 3.59. The summed E-state index contributed by atoms with van der Waals surface area (Å²) in [6.45, 7) is 2.77. The van der Waals surface area contributed by atoms with E-state index in [-0.39, 0.29) is 0 Å². The number of fused-ring (bicyclic) bond motifs is 1. The van der Waals surface area contributed by atoms with Crippen LogP contribution in [0.5, 0.6) is 0 Å². The summed E-state index contributed by atoms with van der Waals surface area (Å²) < 4.78 is 27.6. The van der Waals surface area contributed by atoms with Gasteiger partial charge in [0.25, 0.3) is 10.0 Å². The van der Waals surface area contributed by atoms with Crippen molar-refractivity contribution < 1.29 is 8.42 Å². The average molecular weight is 302 g/mol. The van der Waals surface area contributed by atoms with Crippen molar-refractivity contribution in [2.75, 3.05) is 16.6 Å². The van der Waals surface area contributed by atoms with Gasteiger partial charge >= 0.3 is 0 Å². The van der Waals surface area contributed by atoms with E-state index in [0.29, 0.717) is 10.6 Å². The molecule has 0 aromatic heterocycles. The van der Waals surface area contributed by atoms with Crippen LogP contribution in [0, 0.1) is 6.92 Å². The molecule has 0 atom stereocenters. The Hall–Kier alpha value is -2.01. The predicted octanol–water partition coefficient (Wildman–Crippen LogP) is 3.15. The number of hydrogen-bond donors (Lipinski definition) is 2. The van der Waals surface area contributed by atoms with Crippen LogP contribution in [0.4, 0.5) is 11.4 Å². The van der Waals surface area contributed by atoms with Crippen LogP contribution in [-0.2, 0) is 16.4 Å². The summed E-state index contributed by atoms with van der Waals surface area (Å²) in [7, 11) is -3.54. The fraction of sp³-hybridized carbons (Fsp3) is 0.250. The Morgan fingerprint density at radius 1 is 1.14 bits per heavy atom. The van der Waals surface area contributed by atoms with Crippen molar-refractivity contribution in [3.05, 3.63) is 53.6 Å². The summed E-state index contributed by atoms with van der Waals surface area (Å²) in [4.78, 5) is 0.320. The molecule has 1 aliphatic rings. The normalized spacial score (nSPS) is 14.1. The molecule has 0 radical (unpaired) electrons. The number of sulfonamides is 1. The lowest BCUT2D eigenvalue weighted by Crippen LogP contribution is -2.16. The molecule has 2 aromatic rings. The Labute approximate surface area is 125 Å². The maximum absolute atomic E-state index is 12.5. The molecule has 0 bridgehead atoms. The van der Waals surface area contributed by atoms with E-state index >= 15 is 0 Å². The Morgan fingerprint density at radius 3 is 2.76 bits per heavy atom. The first kappa shape index (κ1) is 13.9. The van der Waals surface area contributed by atoms with Crippen LogP contribution in [0.15, 0.2) is 47.4 Å². The summed E-state index contributed by atoms with van der Waals surface area (Å²) in [6.07, 6.45) is 2.04. The second kappa shape index (κ2) is 5.41. The summed E-state index contributed by atoms with van der Waals surface area (Å²) in [6, 6.07) is 12.6. The molecular weight excluding hydrogens is 284 g/mol. The number of nitrogens with one attached hydrogen (secondary N) is 2. The van der Waals surface area contributed by atoms with Crippen molar-refractivity contribution in [2.45, 2.75) is 24.7 Å². The molecule has 0 saturated carbocycles. The van der Waals surface area contributed by atoms with E-state index in [9.17, 15) is 8.42 Å². The molecule has 0 aliphatic carbocycles. The van der Waals surface area contributed by atoms with Crippen LogP contribution in [0.2, 0.25) is 0 Å². The lowest BCUT2D eigenvalue weighted by molar-refractivity contribution is 0.600. The van der Waals surface area contributed by atoms with E-state index in [1.165, 1.54) is 0 Å². The minimum Gasteiger partial charge on any atom is -0.385 e. The molecule has 0 fully saturated rings. The molecule has 21 heavy (non-hydrogen) atoms. The van der Waals surface area contributed by atoms with Crippen molar-refractivity contribution in [2.24, 2.45) is 0 Å². The van der Waals surface area contributed by atoms with Crippen LogP contribution >= 0.6 is 0 Å². The zero-order valence-corrected chi connectivity index (χ0v) is 12.7. The van der Waals surface area contributed by atoms with Gasteiger partial charge in [-0.25, -0.2) is 8.42 Å². The molecule has 110 valence electrons. The summed E-state index contributed by atoms with van der Waals surface area (Å²) in [5.74, 6) is 0. The average Bonchev–Trinajstić information content (AvgIpc) is 2.47. The fourth-order valence-electron chi connectivity index (χ4n) is 2.61. The highest BCUT2D eigenvalue weighted by molar-refractivity contribution is 7.92. The third kappa shape index (κ3) is 2.88. The first-order chi connectivity index (χ1) is 10.1. The topological polar surface area (TPSA) is 58.2 Å². The maximum Gasteiger partial charge on any atom is 0.262 e. The Morgan fingerprint density at radius 2 is 1.95 bits per heavy atom. The minimum absolute atomic E-state index is 0.320. The summed E-state index contributed by atoms with van der Waals surface area (Å²) in [5, 5.41) is 3.32. The SMILES string of the molecule is Cc1ccccc1S(=O)(=O)Nc1ccc2c(c1)CCCN2. The zero-order chi connectivity index (χ0) is 14.9. The monoisotopic (exact) mass is 302 g/mol. The van der Waals surface area contributed by atoms with Crippen LogP contribution in [0.25, 0.3) is 0 Å². The van der Waals surface area contributed by atoms with Crippen LogP contribution in [0.1, 0.15) is 17.5 Å². The molecule has 0 amide bonds. The van der Waals surface area contributed by atoms with Gasteiger partial charge in [0.05, 0.1) is 4.90 Å². The predicted molar refractivity (Wildman–Crippen MR) is 85.2 cm³/mol. The highest BCUT2D eigenvalue weighted by atomic mass is 32.2. The molecule has 4 nitrogen and oxygen atoms in total. The second-order valence-corrected chi connectivity index (χ2v) is 6.92. The molecule has 0 saturated heterocycles. The lowest BCUT2D eigenvalue weighted by Gasteiger charge is -2.19. The lowest BCUT2D eigenvalue weighted by atomic mass is 10.0. The number of hydrogen-bond acceptors (Lipinski definition) is 3. The molecule has 3 rings (SSSR count). The molecular formula is C16H18N2O2S. The highest BCUT2D eigenvalue weighted by Gasteiger charge is 2.17. The van der Waals surface area contributed by atoms with Crippen molar-refractivity contribution in [3.8, 4) is 0 Å². The third-order valence-electron chi connectivity index (χ3n) is 3.68. The van der Waals surface area contributed by atoms with Gasteiger partial charge in [0, 0.05) is 17.9 Å². The highest BCUT2D eigenvalue weighted by Crippen LogP contribution is 2.27. The smallest absolute Gasteiger partial charge is 0.262 e. The maximum atomic E-state index is 12.5. The number of rotatable bonds is 3. The van der Waals surface area contributed by atoms with Gasteiger partial charge in [-0.15, -0.1) is 0 Å². The van der Waals surface area contributed by atoms with E-state index in [1.807, 2.05) is 18.2 Å². The van der Waals surface area contributed by atoms with Gasteiger partial charge < -0.3 is 5.32 Å². The Balaban J connectivity index is 1.91. The molecule has 0 spiro atoms. The van der Waals surface area contributed by atoms with Gasteiger partial charge in [-0.05, 0) is 55.2 Å². The van der Waals surface area contributed by atoms with Crippen molar-refractivity contribution >= 4 is 21.4 Å². The van der Waals surface area contributed by atoms with E-state index in [4.69, 9.17) is 0 Å². The van der Waals surface area contributed by atoms with E-state index in [0.717, 1.165) is 36.2 Å². The van der Waals surface area contributed by atoms with Crippen LogP contribution in [-0.4, -0.2) is 15.0 Å². The van der Waals surface area contributed by atoms with E-state index < -0.39 is 10.0 Å². The third-order valence-corrected chi connectivity index (χ3v) is 5.22. The second-order valence-electron chi connectivity index (χ2n) is 5.27. The van der Waals surface area contributed by atoms with Gasteiger partial charge in [-0.1, -0.05) is 18.2 Å². The summed E-state index contributed by atoms with van der Waals surface area (Å²) in [5.41, 5.74) is 3.61. The van der Waals surface area contributed by atoms with Crippen molar-refractivity contribution in [1.29, 1.82) is 0 Å². The summed E-state index contributed by atoms with van der Waals surface area (Å²) >= 11 is 0. The molecule has 1 heterocycles. The number of aryl methyl sites for hydroxylation is 2. The fourth-order valence-corrected chi connectivity index (χ4v) is 3.90. The molecule has 2 aromatic carbocycles. The molecule has 5 heteroatoms. The zero-order valence-electron chi connectivity index (χ0n) is 11.9. The first-order valence-electron chi connectivity index (χ1n) is 7.01. The quantitative estimate of drug-likeness (QED) is 0.915.